The smallest absolute Gasteiger partial charge is 0.257 e. The zero-order chi connectivity index (χ0) is 17.9. The molecule has 7 nitrogen and oxygen atoms in total. The van der Waals surface area contributed by atoms with Crippen LogP contribution in [0.1, 0.15) is 11.4 Å². The van der Waals surface area contributed by atoms with E-state index in [-0.39, 0.29) is 6.61 Å². The molecule has 0 saturated heterocycles. The second-order valence-corrected chi connectivity index (χ2v) is 7.40. The fraction of sp³-hybridized carbons (Fsp3) is 0.176. The van der Waals surface area contributed by atoms with Gasteiger partial charge in [-0.15, -0.1) is 21.5 Å². The van der Waals surface area contributed by atoms with Crippen LogP contribution >= 0.6 is 23.1 Å². The molecule has 0 spiro atoms. The predicted molar refractivity (Wildman–Crippen MR) is 99.5 cm³/mol. The summed E-state index contributed by atoms with van der Waals surface area (Å²) in [7, 11) is 1.94. The molecule has 132 valence electrons. The van der Waals surface area contributed by atoms with Crippen molar-refractivity contribution in [1.29, 1.82) is 0 Å². The van der Waals surface area contributed by atoms with Crippen LogP contribution in [0.5, 0.6) is 0 Å². The SMILES string of the molecule is Cn1c(SCc2noc(-c3cccc(CO)c3)n2)nnc1-c1cccs1. The summed E-state index contributed by atoms with van der Waals surface area (Å²) < 4.78 is 7.30. The Morgan fingerprint density at radius 3 is 2.96 bits per heavy atom. The third-order valence-corrected chi connectivity index (χ3v) is 5.61. The summed E-state index contributed by atoms with van der Waals surface area (Å²) in [6, 6.07) is 11.4. The number of hydrogen-bond donors (Lipinski definition) is 1. The van der Waals surface area contributed by atoms with Crippen LogP contribution in [0, 0.1) is 0 Å². The third kappa shape index (κ3) is 3.41. The maximum atomic E-state index is 9.24. The second-order valence-electron chi connectivity index (χ2n) is 5.51. The number of rotatable bonds is 6. The molecule has 1 aromatic carbocycles. The highest BCUT2D eigenvalue weighted by molar-refractivity contribution is 7.98. The monoisotopic (exact) mass is 385 g/mol. The van der Waals surface area contributed by atoms with Crippen molar-refractivity contribution in [3.05, 3.63) is 53.2 Å². The molecular weight excluding hydrogens is 370 g/mol. The van der Waals surface area contributed by atoms with Crippen molar-refractivity contribution in [2.45, 2.75) is 17.5 Å². The molecule has 0 saturated carbocycles. The number of aliphatic hydroxyl groups is 1. The Labute approximate surface area is 157 Å². The first-order valence-electron chi connectivity index (χ1n) is 7.83. The molecule has 0 unspecified atom stereocenters. The maximum absolute atomic E-state index is 9.24. The number of aromatic nitrogens is 5. The van der Waals surface area contributed by atoms with Crippen LogP contribution in [0.4, 0.5) is 0 Å². The molecule has 3 aromatic heterocycles. The average molecular weight is 385 g/mol. The maximum Gasteiger partial charge on any atom is 0.257 e. The van der Waals surface area contributed by atoms with Crippen LogP contribution in [-0.2, 0) is 19.4 Å². The summed E-state index contributed by atoms with van der Waals surface area (Å²) in [6.45, 7) is -0.0244. The van der Waals surface area contributed by atoms with Crippen molar-refractivity contribution in [2.24, 2.45) is 7.05 Å². The number of aliphatic hydroxyl groups excluding tert-OH is 1. The second kappa shape index (κ2) is 7.40. The molecule has 0 amide bonds. The lowest BCUT2D eigenvalue weighted by molar-refractivity contribution is 0.282. The van der Waals surface area contributed by atoms with E-state index in [1.165, 1.54) is 11.8 Å². The highest BCUT2D eigenvalue weighted by Crippen LogP contribution is 2.27. The van der Waals surface area contributed by atoms with Gasteiger partial charge in [0.2, 0.25) is 0 Å². The van der Waals surface area contributed by atoms with E-state index in [1.807, 2.05) is 53.4 Å². The number of nitrogens with zero attached hydrogens (tertiary/aromatic N) is 5. The summed E-state index contributed by atoms with van der Waals surface area (Å²) in [5, 5.41) is 24.6. The van der Waals surface area contributed by atoms with E-state index in [1.54, 1.807) is 11.3 Å². The van der Waals surface area contributed by atoms with Crippen LogP contribution in [0.2, 0.25) is 0 Å². The zero-order valence-corrected chi connectivity index (χ0v) is 15.5. The summed E-state index contributed by atoms with van der Waals surface area (Å²) in [6.07, 6.45) is 0. The van der Waals surface area contributed by atoms with Gasteiger partial charge in [-0.25, -0.2) is 0 Å². The first-order valence-corrected chi connectivity index (χ1v) is 9.70. The van der Waals surface area contributed by atoms with Crippen molar-refractivity contribution in [3.63, 3.8) is 0 Å². The van der Waals surface area contributed by atoms with Crippen LogP contribution in [0.25, 0.3) is 22.2 Å². The number of thiophene rings is 1. The highest BCUT2D eigenvalue weighted by Gasteiger charge is 2.14. The molecule has 0 atom stereocenters. The standard InChI is InChI=1S/C17H15N5O2S2/c1-22-15(13-6-3-7-25-13)19-20-17(22)26-10-14-18-16(24-21-14)12-5-2-4-11(8-12)9-23/h2-8,23H,9-10H2,1H3. The molecule has 0 aliphatic heterocycles. The third-order valence-electron chi connectivity index (χ3n) is 3.73. The van der Waals surface area contributed by atoms with Crippen LogP contribution in [0.15, 0.2) is 51.5 Å². The molecule has 4 rings (SSSR count). The van der Waals surface area contributed by atoms with Gasteiger partial charge in [0.05, 0.1) is 17.2 Å². The van der Waals surface area contributed by atoms with Gasteiger partial charge in [0.15, 0.2) is 16.8 Å². The van der Waals surface area contributed by atoms with E-state index in [9.17, 15) is 5.11 Å². The van der Waals surface area contributed by atoms with E-state index < -0.39 is 0 Å². The Bertz CT molecular complexity index is 1010. The summed E-state index contributed by atoms with van der Waals surface area (Å²) >= 11 is 3.14. The van der Waals surface area contributed by atoms with Gasteiger partial charge in [0.1, 0.15) is 0 Å². The fourth-order valence-corrected chi connectivity index (χ4v) is 3.92. The van der Waals surface area contributed by atoms with Gasteiger partial charge < -0.3 is 14.2 Å². The Morgan fingerprint density at radius 1 is 1.23 bits per heavy atom. The number of benzene rings is 1. The summed E-state index contributed by atoms with van der Waals surface area (Å²) in [5.41, 5.74) is 1.59. The lowest BCUT2D eigenvalue weighted by Gasteiger charge is -2.00. The quantitative estimate of drug-likeness (QED) is 0.509. The van der Waals surface area contributed by atoms with Gasteiger partial charge in [0, 0.05) is 12.6 Å². The molecule has 0 aliphatic carbocycles. The van der Waals surface area contributed by atoms with Gasteiger partial charge in [-0.05, 0) is 29.1 Å². The van der Waals surface area contributed by atoms with Gasteiger partial charge in [-0.1, -0.05) is 35.1 Å². The van der Waals surface area contributed by atoms with Gasteiger partial charge in [-0.3, -0.25) is 0 Å². The van der Waals surface area contributed by atoms with Gasteiger partial charge in [0.25, 0.3) is 5.89 Å². The molecule has 9 heteroatoms. The molecule has 26 heavy (non-hydrogen) atoms. The van der Waals surface area contributed by atoms with Crippen LogP contribution in [-0.4, -0.2) is 30.0 Å². The highest BCUT2D eigenvalue weighted by atomic mass is 32.2. The number of thioether (sulfide) groups is 1. The van der Waals surface area contributed by atoms with Gasteiger partial charge >= 0.3 is 0 Å². The molecular formula is C17H15N5O2S2. The fourth-order valence-electron chi connectivity index (χ4n) is 2.42. The van der Waals surface area contributed by atoms with E-state index in [2.05, 4.69) is 20.3 Å². The Hall–Kier alpha value is -2.49. The first kappa shape index (κ1) is 17.0. The summed E-state index contributed by atoms with van der Waals surface area (Å²) in [4.78, 5) is 5.50. The van der Waals surface area contributed by atoms with Crippen molar-refractivity contribution >= 4 is 23.1 Å². The predicted octanol–water partition coefficient (Wildman–Crippen LogP) is 3.38. The van der Waals surface area contributed by atoms with Crippen molar-refractivity contribution in [2.75, 3.05) is 0 Å². The zero-order valence-electron chi connectivity index (χ0n) is 13.9. The average Bonchev–Trinajstić information content (AvgIpc) is 3.41. The van der Waals surface area contributed by atoms with Crippen LogP contribution < -0.4 is 0 Å². The molecule has 0 fully saturated rings. The number of hydrogen-bond acceptors (Lipinski definition) is 8. The van der Waals surface area contributed by atoms with E-state index in [0.29, 0.717) is 17.5 Å². The lowest BCUT2D eigenvalue weighted by Crippen LogP contribution is -1.94. The van der Waals surface area contributed by atoms with Gasteiger partial charge in [-0.2, -0.15) is 4.98 Å². The largest absolute Gasteiger partial charge is 0.392 e. The Balaban J connectivity index is 1.47. The Morgan fingerprint density at radius 2 is 2.15 bits per heavy atom. The molecule has 0 bridgehead atoms. The van der Waals surface area contributed by atoms with E-state index >= 15 is 0 Å². The first-order chi connectivity index (χ1) is 12.7. The normalized spacial score (nSPS) is 11.2. The van der Waals surface area contributed by atoms with Crippen LogP contribution in [0.3, 0.4) is 0 Å². The minimum Gasteiger partial charge on any atom is -0.392 e. The minimum absolute atomic E-state index is 0.0244. The van der Waals surface area contributed by atoms with Crippen molar-refractivity contribution in [3.8, 4) is 22.2 Å². The van der Waals surface area contributed by atoms with Crippen molar-refractivity contribution < 1.29 is 9.63 Å². The molecule has 4 aromatic rings. The van der Waals surface area contributed by atoms with E-state index in [0.717, 1.165) is 27.0 Å². The Kier molecular flexibility index (Phi) is 4.83. The molecule has 1 N–H and O–H groups in total. The van der Waals surface area contributed by atoms with Crippen molar-refractivity contribution in [1.82, 2.24) is 24.9 Å². The topological polar surface area (TPSA) is 89.9 Å². The molecule has 3 heterocycles. The molecule has 0 radical (unpaired) electrons. The molecule has 0 aliphatic rings. The lowest BCUT2D eigenvalue weighted by atomic mass is 10.1. The van der Waals surface area contributed by atoms with E-state index in [4.69, 9.17) is 4.52 Å². The summed E-state index contributed by atoms with van der Waals surface area (Å²) in [5.74, 6) is 2.39. The minimum atomic E-state index is -0.0244.